The molecule has 0 bridgehead atoms. The highest BCUT2D eigenvalue weighted by molar-refractivity contribution is 5.37. The number of rotatable bonds is 11. The summed E-state index contributed by atoms with van der Waals surface area (Å²) in [4.78, 5) is 15.1. The van der Waals surface area contributed by atoms with Crippen molar-refractivity contribution < 1.29 is 4.74 Å². The lowest BCUT2D eigenvalue weighted by Crippen LogP contribution is -2.25. The standard InChI is InChI=1S/C15H29N5O/c1-5-8-9-10-11-12-21-15-18-13(16-4)17-14(19-15)20(6-2)7-3/h5-12H2,1-4H3,(H,16,17,18,19). The van der Waals surface area contributed by atoms with E-state index in [0.29, 0.717) is 24.5 Å². The van der Waals surface area contributed by atoms with E-state index in [-0.39, 0.29) is 0 Å². The van der Waals surface area contributed by atoms with Crippen LogP contribution in [-0.2, 0) is 0 Å². The Morgan fingerprint density at radius 2 is 1.67 bits per heavy atom. The third-order valence-corrected chi connectivity index (χ3v) is 3.35. The molecule has 0 aliphatic rings. The van der Waals surface area contributed by atoms with Crippen LogP contribution in [0.25, 0.3) is 0 Å². The number of nitrogens with one attached hydrogen (secondary N) is 1. The van der Waals surface area contributed by atoms with Crippen molar-refractivity contribution in [1.29, 1.82) is 0 Å². The number of nitrogens with zero attached hydrogens (tertiary/aromatic N) is 4. The van der Waals surface area contributed by atoms with Gasteiger partial charge < -0.3 is 15.0 Å². The largest absolute Gasteiger partial charge is 0.463 e. The lowest BCUT2D eigenvalue weighted by molar-refractivity contribution is 0.281. The number of hydrogen-bond donors (Lipinski definition) is 1. The van der Waals surface area contributed by atoms with Crippen molar-refractivity contribution in [3.63, 3.8) is 0 Å². The SMILES string of the molecule is CCCCCCCOc1nc(NC)nc(N(CC)CC)n1. The Labute approximate surface area is 128 Å². The summed E-state index contributed by atoms with van der Waals surface area (Å²) in [6, 6.07) is 0.409. The molecule has 0 aromatic carbocycles. The maximum atomic E-state index is 5.68. The Morgan fingerprint density at radius 1 is 0.952 bits per heavy atom. The van der Waals surface area contributed by atoms with Crippen LogP contribution in [0.3, 0.4) is 0 Å². The fourth-order valence-electron chi connectivity index (χ4n) is 2.04. The van der Waals surface area contributed by atoms with Gasteiger partial charge >= 0.3 is 6.01 Å². The first kappa shape index (κ1) is 17.5. The molecule has 0 aliphatic carbocycles. The van der Waals surface area contributed by atoms with E-state index in [0.717, 1.165) is 19.5 Å². The molecule has 21 heavy (non-hydrogen) atoms. The van der Waals surface area contributed by atoms with Crippen LogP contribution in [0.2, 0.25) is 0 Å². The Hall–Kier alpha value is -1.59. The molecule has 120 valence electrons. The predicted molar refractivity (Wildman–Crippen MR) is 87.2 cm³/mol. The first-order chi connectivity index (χ1) is 10.2. The van der Waals surface area contributed by atoms with Gasteiger partial charge in [0.25, 0.3) is 0 Å². The van der Waals surface area contributed by atoms with Crippen molar-refractivity contribution in [2.24, 2.45) is 0 Å². The van der Waals surface area contributed by atoms with Crippen LogP contribution in [0.4, 0.5) is 11.9 Å². The summed E-state index contributed by atoms with van der Waals surface area (Å²) in [5, 5.41) is 2.96. The average molecular weight is 295 g/mol. The van der Waals surface area contributed by atoms with Crippen molar-refractivity contribution in [3.8, 4) is 6.01 Å². The monoisotopic (exact) mass is 295 g/mol. The van der Waals surface area contributed by atoms with Crippen molar-refractivity contribution in [2.45, 2.75) is 52.9 Å². The molecule has 0 fully saturated rings. The first-order valence-corrected chi connectivity index (χ1v) is 8.06. The van der Waals surface area contributed by atoms with Gasteiger partial charge in [-0.1, -0.05) is 32.6 Å². The van der Waals surface area contributed by atoms with Gasteiger partial charge in [0.15, 0.2) is 0 Å². The molecule has 0 unspecified atom stereocenters. The number of ether oxygens (including phenoxy) is 1. The zero-order chi connectivity index (χ0) is 15.5. The number of anilines is 2. The Morgan fingerprint density at radius 3 is 2.29 bits per heavy atom. The zero-order valence-electron chi connectivity index (χ0n) is 13.9. The van der Waals surface area contributed by atoms with E-state index in [2.05, 4.69) is 45.9 Å². The molecule has 0 saturated heterocycles. The van der Waals surface area contributed by atoms with E-state index < -0.39 is 0 Å². The van der Waals surface area contributed by atoms with Gasteiger partial charge in [-0.3, -0.25) is 0 Å². The van der Waals surface area contributed by atoms with Gasteiger partial charge in [0.2, 0.25) is 11.9 Å². The third-order valence-electron chi connectivity index (χ3n) is 3.35. The molecule has 0 aliphatic heterocycles. The average Bonchev–Trinajstić information content (AvgIpc) is 2.51. The number of hydrogen-bond acceptors (Lipinski definition) is 6. The van der Waals surface area contributed by atoms with Crippen LogP contribution in [0.5, 0.6) is 6.01 Å². The molecule has 1 rings (SSSR count). The molecular formula is C15H29N5O. The predicted octanol–water partition coefficient (Wildman–Crippen LogP) is 3.11. The maximum absolute atomic E-state index is 5.68. The van der Waals surface area contributed by atoms with Gasteiger partial charge in [-0.15, -0.1) is 0 Å². The quantitative estimate of drug-likeness (QED) is 0.633. The topological polar surface area (TPSA) is 63.2 Å². The molecule has 1 N–H and O–H groups in total. The molecule has 6 heteroatoms. The van der Waals surface area contributed by atoms with Gasteiger partial charge in [0.1, 0.15) is 0 Å². The Balaban J connectivity index is 2.58. The summed E-state index contributed by atoms with van der Waals surface area (Å²) in [5.74, 6) is 1.22. The summed E-state index contributed by atoms with van der Waals surface area (Å²) in [5.41, 5.74) is 0. The molecule has 0 saturated carbocycles. The highest BCUT2D eigenvalue weighted by atomic mass is 16.5. The van der Waals surface area contributed by atoms with Gasteiger partial charge in [-0.05, 0) is 20.3 Å². The van der Waals surface area contributed by atoms with Crippen molar-refractivity contribution in [3.05, 3.63) is 0 Å². The van der Waals surface area contributed by atoms with Crippen LogP contribution in [0.15, 0.2) is 0 Å². The second-order valence-electron chi connectivity index (χ2n) is 4.93. The molecule has 1 aromatic heterocycles. The van der Waals surface area contributed by atoms with E-state index in [1.54, 1.807) is 7.05 Å². The second-order valence-corrected chi connectivity index (χ2v) is 4.93. The fourth-order valence-corrected chi connectivity index (χ4v) is 2.04. The van der Waals surface area contributed by atoms with Crippen molar-refractivity contribution in [1.82, 2.24) is 15.0 Å². The van der Waals surface area contributed by atoms with Gasteiger partial charge in [-0.25, -0.2) is 0 Å². The Kier molecular flexibility index (Phi) is 8.47. The highest BCUT2D eigenvalue weighted by Gasteiger charge is 2.11. The first-order valence-electron chi connectivity index (χ1n) is 8.06. The van der Waals surface area contributed by atoms with E-state index in [4.69, 9.17) is 4.74 Å². The molecule has 0 amide bonds. The number of unbranched alkanes of at least 4 members (excludes halogenated alkanes) is 4. The third kappa shape index (κ3) is 6.14. The fraction of sp³-hybridized carbons (Fsp3) is 0.800. The van der Waals surface area contributed by atoms with E-state index in [9.17, 15) is 0 Å². The van der Waals surface area contributed by atoms with Gasteiger partial charge in [0, 0.05) is 20.1 Å². The molecule has 1 aromatic rings. The molecule has 0 radical (unpaired) electrons. The molecule has 6 nitrogen and oxygen atoms in total. The summed E-state index contributed by atoms with van der Waals surface area (Å²) in [7, 11) is 1.80. The van der Waals surface area contributed by atoms with Crippen molar-refractivity contribution in [2.75, 3.05) is 37.0 Å². The minimum absolute atomic E-state index is 0.409. The van der Waals surface area contributed by atoms with Crippen LogP contribution in [0, 0.1) is 0 Å². The highest BCUT2D eigenvalue weighted by Crippen LogP contribution is 2.15. The summed E-state index contributed by atoms with van der Waals surface area (Å²) >= 11 is 0. The second kappa shape index (κ2) is 10.2. The Bertz CT molecular complexity index is 396. The van der Waals surface area contributed by atoms with Crippen LogP contribution in [-0.4, -0.2) is 41.7 Å². The molecular weight excluding hydrogens is 266 g/mol. The van der Waals surface area contributed by atoms with Crippen molar-refractivity contribution >= 4 is 11.9 Å². The van der Waals surface area contributed by atoms with Gasteiger partial charge in [0.05, 0.1) is 6.61 Å². The minimum Gasteiger partial charge on any atom is -0.463 e. The lowest BCUT2D eigenvalue weighted by Gasteiger charge is -2.19. The zero-order valence-corrected chi connectivity index (χ0v) is 13.9. The number of aromatic nitrogens is 3. The van der Waals surface area contributed by atoms with Crippen LogP contribution in [0.1, 0.15) is 52.9 Å². The van der Waals surface area contributed by atoms with E-state index in [1.807, 2.05) is 0 Å². The molecule has 0 spiro atoms. The summed E-state index contributed by atoms with van der Waals surface area (Å²) < 4.78 is 5.68. The van der Waals surface area contributed by atoms with E-state index >= 15 is 0 Å². The lowest BCUT2D eigenvalue weighted by atomic mass is 10.2. The normalized spacial score (nSPS) is 10.5. The molecule has 1 heterocycles. The van der Waals surface area contributed by atoms with Crippen LogP contribution < -0.4 is 15.0 Å². The van der Waals surface area contributed by atoms with E-state index in [1.165, 1.54) is 25.7 Å². The van der Waals surface area contributed by atoms with Crippen LogP contribution >= 0.6 is 0 Å². The minimum atomic E-state index is 0.409. The van der Waals surface area contributed by atoms with Gasteiger partial charge in [-0.2, -0.15) is 15.0 Å². The summed E-state index contributed by atoms with van der Waals surface area (Å²) in [6.45, 7) is 8.77. The molecule has 0 atom stereocenters. The maximum Gasteiger partial charge on any atom is 0.323 e. The smallest absolute Gasteiger partial charge is 0.323 e. The summed E-state index contributed by atoms with van der Waals surface area (Å²) in [6.07, 6.45) is 6.06.